The van der Waals surface area contributed by atoms with Crippen LogP contribution in [0.4, 0.5) is 5.69 Å². The molecule has 126 valence electrons. The van der Waals surface area contributed by atoms with Crippen molar-refractivity contribution in [3.05, 3.63) is 76.9 Å². The molecule has 0 spiro atoms. The summed E-state index contributed by atoms with van der Waals surface area (Å²) in [5.74, 6) is 1.23. The number of benzene rings is 2. The van der Waals surface area contributed by atoms with Gasteiger partial charge in [0.25, 0.3) is 0 Å². The molecule has 0 fully saturated rings. The smallest absolute Gasteiger partial charge is 0.221 e. The van der Waals surface area contributed by atoms with Gasteiger partial charge in [-0.1, -0.05) is 24.3 Å². The Kier molecular flexibility index (Phi) is 3.53. The van der Waals surface area contributed by atoms with E-state index in [0.29, 0.717) is 34.2 Å². The van der Waals surface area contributed by atoms with Gasteiger partial charge in [-0.3, -0.25) is 4.90 Å². The molecule has 0 amide bonds. The maximum atomic E-state index is 9.86. The lowest BCUT2D eigenvalue weighted by atomic mass is 9.83. The van der Waals surface area contributed by atoms with Crippen molar-refractivity contribution < 1.29 is 9.47 Å². The van der Waals surface area contributed by atoms with Crippen molar-refractivity contribution in [3.63, 3.8) is 0 Å². The van der Waals surface area contributed by atoms with E-state index < -0.39 is 5.92 Å². The lowest BCUT2D eigenvalue weighted by molar-refractivity contribution is 0.413. The predicted molar refractivity (Wildman–Crippen MR) is 94.7 cm³/mol. The molecule has 2 aliphatic rings. The summed E-state index contributed by atoms with van der Waals surface area (Å²) in [5, 5.41) is 19.6. The van der Waals surface area contributed by atoms with Gasteiger partial charge in [0.1, 0.15) is 23.2 Å². The van der Waals surface area contributed by atoms with Crippen LogP contribution in [-0.4, -0.2) is 7.11 Å². The normalized spacial score (nSPS) is 17.8. The van der Waals surface area contributed by atoms with Crippen LogP contribution in [0.3, 0.4) is 0 Å². The van der Waals surface area contributed by atoms with Crippen molar-refractivity contribution in [3.8, 4) is 23.6 Å². The molecule has 0 aliphatic carbocycles. The second kappa shape index (κ2) is 5.87. The third-order valence-corrected chi connectivity index (χ3v) is 4.51. The number of fused-ring (bicyclic) bond motifs is 3. The minimum Gasteiger partial charge on any atom is -0.497 e. The summed E-state index contributed by atoms with van der Waals surface area (Å²) in [4.78, 5) is 1.63. The van der Waals surface area contributed by atoms with Crippen LogP contribution in [0.1, 0.15) is 11.5 Å². The highest BCUT2D eigenvalue weighted by molar-refractivity contribution is 5.75. The van der Waals surface area contributed by atoms with E-state index in [9.17, 15) is 10.5 Å². The van der Waals surface area contributed by atoms with Gasteiger partial charge in [-0.25, -0.2) is 0 Å². The average Bonchev–Trinajstić information content (AvgIpc) is 3.07. The Balaban J connectivity index is 1.96. The molecule has 0 bridgehead atoms. The van der Waals surface area contributed by atoms with Crippen LogP contribution in [-0.2, 0) is 0 Å². The van der Waals surface area contributed by atoms with Gasteiger partial charge < -0.3 is 15.2 Å². The second-order valence-electron chi connectivity index (χ2n) is 5.86. The molecule has 0 saturated carbocycles. The second-order valence-corrected chi connectivity index (χ2v) is 5.86. The largest absolute Gasteiger partial charge is 0.497 e. The number of allylic oxidation sites excluding steroid dienone is 2. The highest BCUT2D eigenvalue weighted by atomic mass is 16.5. The first-order valence-electron chi connectivity index (χ1n) is 7.94. The maximum absolute atomic E-state index is 9.86. The maximum Gasteiger partial charge on any atom is 0.221 e. The Bertz CT molecular complexity index is 1060. The van der Waals surface area contributed by atoms with E-state index in [2.05, 4.69) is 12.1 Å². The topological polar surface area (TPSA) is 95.3 Å². The molecule has 0 radical (unpaired) electrons. The fraction of sp³-hybridized carbons (Fsp3) is 0.100. The van der Waals surface area contributed by atoms with Gasteiger partial charge >= 0.3 is 0 Å². The summed E-state index contributed by atoms with van der Waals surface area (Å²) in [6, 6.07) is 19.0. The zero-order chi connectivity index (χ0) is 18.3. The number of methoxy groups -OCH3 is 1. The Labute approximate surface area is 150 Å². The monoisotopic (exact) mass is 342 g/mol. The van der Waals surface area contributed by atoms with Crippen molar-refractivity contribution in [2.24, 2.45) is 5.73 Å². The molecular formula is C20H14N4O2. The van der Waals surface area contributed by atoms with Gasteiger partial charge in [0, 0.05) is 0 Å². The summed E-state index contributed by atoms with van der Waals surface area (Å²) in [6.45, 7) is 0. The van der Waals surface area contributed by atoms with Crippen LogP contribution in [0.2, 0.25) is 0 Å². The molecule has 2 aromatic carbocycles. The Morgan fingerprint density at radius 3 is 2.58 bits per heavy atom. The van der Waals surface area contributed by atoms with E-state index in [1.807, 2.05) is 30.3 Å². The molecule has 2 N–H and O–H groups in total. The van der Waals surface area contributed by atoms with E-state index >= 15 is 0 Å². The third kappa shape index (κ3) is 2.10. The zero-order valence-corrected chi connectivity index (χ0v) is 13.9. The Hall–Kier alpha value is -3.90. The molecule has 1 atom stereocenters. The van der Waals surface area contributed by atoms with Crippen molar-refractivity contribution in [2.45, 2.75) is 5.92 Å². The van der Waals surface area contributed by atoms with Crippen molar-refractivity contribution in [1.29, 1.82) is 10.5 Å². The van der Waals surface area contributed by atoms with Gasteiger partial charge in [-0.05, 0) is 29.8 Å². The summed E-state index contributed by atoms with van der Waals surface area (Å²) >= 11 is 0. The first-order chi connectivity index (χ1) is 12.7. The van der Waals surface area contributed by atoms with E-state index in [0.717, 1.165) is 5.56 Å². The standard InChI is InChI=1S/C20H14N4O2/c1-25-13-6-4-5-12(9-13)18-14(10-21)19(23)24-16-7-2-3-8-17(16)26-20(24)15(18)11-22/h2-9,18H,23H2,1H3. The molecule has 1 unspecified atom stereocenters. The molecule has 6 heteroatoms. The number of nitriles is 2. The number of nitrogens with zero attached hydrogens (tertiary/aromatic N) is 3. The fourth-order valence-electron chi connectivity index (χ4n) is 3.33. The number of rotatable bonds is 2. The van der Waals surface area contributed by atoms with Crippen molar-refractivity contribution >= 4 is 5.69 Å². The molecule has 2 heterocycles. The van der Waals surface area contributed by atoms with Gasteiger partial charge in [0.05, 0.1) is 30.4 Å². The van der Waals surface area contributed by atoms with Gasteiger partial charge in [0.2, 0.25) is 5.88 Å². The molecule has 4 rings (SSSR count). The molecule has 0 aromatic heterocycles. The van der Waals surface area contributed by atoms with Crippen LogP contribution >= 0.6 is 0 Å². The van der Waals surface area contributed by atoms with E-state index in [1.165, 1.54) is 0 Å². The molecular weight excluding hydrogens is 328 g/mol. The number of ether oxygens (including phenoxy) is 2. The van der Waals surface area contributed by atoms with Crippen LogP contribution in [0.25, 0.3) is 0 Å². The zero-order valence-electron chi connectivity index (χ0n) is 13.9. The Morgan fingerprint density at radius 2 is 1.85 bits per heavy atom. The molecule has 0 saturated heterocycles. The Morgan fingerprint density at radius 1 is 1.08 bits per heavy atom. The van der Waals surface area contributed by atoms with Gasteiger partial charge in [-0.2, -0.15) is 10.5 Å². The lowest BCUT2D eigenvalue weighted by Gasteiger charge is -2.30. The molecule has 2 aliphatic heterocycles. The molecule has 26 heavy (non-hydrogen) atoms. The predicted octanol–water partition coefficient (Wildman–Crippen LogP) is 3.12. The number of hydrogen-bond acceptors (Lipinski definition) is 6. The van der Waals surface area contributed by atoms with Crippen LogP contribution in [0, 0.1) is 22.7 Å². The number of nitrogens with two attached hydrogens (primary N) is 1. The van der Waals surface area contributed by atoms with Gasteiger partial charge in [-0.15, -0.1) is 0 Å². The summed E-state index contributed by atoms with van der Waals surface area (Å²) < 4.78 is 11.2. The van der Waals surface area contributed by atoms with E-state index in [4.69, 9.17) is 15.2 Å². The highest BCUT2D eigenvalue weighted by Crippen LogP contribution is 2.49. The fourth-order valence-corrected chi connectivity index (χ4v) is 3.33. The van der Waals surface area contributed by atoms with Crippen LogP contribution < -0.4 is 20.1 Å². The first kappa shape index (κ1) is 15.6. The number of hydrogen-bond donors (Lipinski definition) is 1. The summed E-state index contributed by atoms with van der Waals surface area (Å²) in [7, 11) is 1.57. The lowest BCUT2D eigenvalue weighted by Crippen LogP contribution is -2.34. The highest BCUT2D eigenvalue weighted by Gasteiger charge is 2.41. The minimum atomic E-state index is -0.610. The molecule has 2 aromatic rings. The quantitative estimate of drug-likeness (QED) is 0.901. The van der Waals surface area contributed by atoms with E-state index in [-0.39, 0.29) is 5.82 Å². The SMILES string of the molecule is COc1cccc(C2C(C#N)=C(N)N3C(=C2C#N)Oc2ccccc23)c1. The summed E-state index contributed by atoms with van der Waals surface area (Å²) in [6.07, 6.45) is 0. The van der Waals surface area contributed by atoms with Crippen molar-refractivity contribution in [2.75, 3.05) is 12.0 Å². The van der Waals surface area contributed by atoms with Crippen molar-refractivity contribution in [1.82, 2.24) is 0 Å². The third-order valence-electron chi connectivity index (χ3n) is 4.51. The number of para-hydroxylation sites is 2. The summed E-state index contributed by atoms with van der Waals surface area (Å²) in [5.41, 5.74) is 8.43. The average molecular weight is 342 g/mol. The first-order valence-corrected chi connectivity index (χ1v) is 7.94. The van der Waals surface area contributed by atoms with E-state index in [1.54, 1.807) is 30.2 Å². The minimum absolute atomic E-state index is 0.263. The number of anilines is 1. The van der Waals surface area contributed by atoms with Gasteiger partial charge in [0.15, 0.2) is 5.75 Å². The van der Waals surface area contributed by atoms with Crippen LogP contribution in [0.5, 0.6) is 11.5 Å². The molecule has 6 nitrogen and oxygen atoms in total. The van der Waals surface area contributed by atoms with Crippen LogP contribution in [0.15, 0.2) is 71.4 Å².